The molecule has 35 heavy (non-hydrogen) atoms. The van der Waals surface area contributed by atoms with Gasteiger partial charge in [-0.25, -0.2) is 9.97 Å². The lowest BCUT2D eigenvalue weighted by atomic mass is 10.0. The van der Waals surface area contributed by atoms with Crippen molar-refractivity contribution >= 4 is 39.8 Å². The summed E-state index contributed by atoms with van der Waals surface area (Å²) in [6.45, 7) is 8.17. The predicted molar refractivity (Wildman–Crippen MR) is 127 cm³/mol. The molecule has 0 unspecified atom stereocenters. The number of pyridine rings is 1. The molecule has 0 amide bonds. The second-order valence-corrected chi connectivity index (χ2v) is 8.60. The largest absolute Gasteiger partial charge is 0.416 e. The molecule has 4 rings (SSSR count). The summed E-state index contributed by atoms with van der Waals surface area (Å²) in [5, 5.41) is 14.7. The van der Waals surface area contributed by atoms with Crippen LogP contribution in [-0.4, -0.2) is 57.5 Å². The lowest BCUT2D eigenvalue weighted by Gasteiger charge is -2.35. The maximum Gasteiger partial charge on any atom is 0.416 e. The average molecular weight is 510 g/mol. The lowest BCUT2D eigenvalue weighted by molar-refractivity contribution is -0.385. The van der Waals surface area contributed by atoms with E-state index in [4.69, 9.17) is 11.6 Å². The van der Waals surface area contributed by atoms with E-state index >= 15 is 0 Å². The number of nitro benzene ring substituents is 1. The number of anilines is 2. The van der Waals surface area contributed by atoms with Crippen LogP contribution in [0.1, 0.15) is 31.0 Å². The zero-order chi connectivity index (χ0) is 25.3. The molecule has 1 saturated heterocycles. The Morgan fingerprint density at radius 2 is 1.89 bits per heavy atom. The number of nitro groups is 1. The topological polar surface area (TPSA) is 100 Å². The van der Waals surface area contributed by atoms with E-state index in [0.717, 1.165) is 50.5 Å². The fourth-order valence-electron chi connectivity index (χ4n) is 4.02. The summed E-state index contributed by atoms with van der Waals surface area (Å²) < 4.78 is 40.0. The Balaban J connectivity index is 1.68. The first-order chi connectivity index (χ1) is 16.5. The minimum Gasteiger partial charge on any atom is -0.368 e. The van der Waals surface area contributed by atoms with Gasteiger partial charge in [-0.15, -0.1) is 0 Å². The standard InChI is InChI=1S/C22H23ClF3N7O2/c1-3-31-4-6-32(7-5-31)17-11-18-19(27-12-17)29-21(23)30-20(18)28-13(2)14-8-15(22(24,25)26)10-16(9-14)33(34)35/h8-13H,3-7H2,1-2H3,(H,27,28,29,30)/t13-/m1/s1. The van der Waals surface area contributed by atoms with E-state index in [1.54, 1.807) is 13.1 Å². The maximum atomic E-state index is 13.3. The van der Waals surface area contributed by atoms with Gasteiger partial charge in [0.15, 0.2) is 5.65 Å². The number of nitrogens with zero attached hydrogens (tertiary/aromatic N) is 6. The summed E-state index contributed by atoms with van der Waals surface area (Å²) >= 11 is 6.07. The summed E-state index contributed by atoms with van der Waals surface area (Å²) in [5.41, 5.74) is -0.482. The van der Waals surface area contributed by atoms with Crippen molar-refractivity contribution in [1.82, 2.24) is 19.9 Å². The molecule has 0 spiro atoms. The Kier molecular flexibility index (Phi) is 6.95. The molecular formula is C22H23ClF3N7O2. The van der Waals surface area contributed by atoms with Crippen molar-refractivity contribution < 1.29 is 18.1 Å². The Morgan fingerprint density at radius 1 is 1.17 bits per heavy atom. The quantitative estimate of drug-likeness (QED) is 0.284. The first-order valence-corrected chi connectivity index (χ1v) is 11.4. The number of hydrogen-bond acceptors (Lipinski definition) is 8. The molecule has 1 atom stereocenters. The third-order valence-electron chi connectivity index (χ3n) is 6.03. The van der Waals surface area contributed by atoms with E-state index in [1.807, 2.05) is 6.07 Å². The average Bonchev–Trinajstić information content (AvgIpc) is 2.83. The molecule has 0 aliphatic carbocycles. The summed E-state index contributed by atoms with van der Waals surface area (Å²) in [6, 6.07) is 3.61. The SMILES string of the molecule is CCN1CCN(c2cnc3nc(Cl)nc(N[C@H](C)c4cc([N+](=O)[O-])cc(C(F)(F)F)c4)c3c2)CC1. The number of fused-ring (bicyclic) bond motifs is 1. The molecular weight excluding hydrogens is 487 g/mol. The number of hydrogen-bond donors (Lipinski definition) is 1. The summed E-state index contributed by atoms with van der Waals surface area (Å²) in [5.74, 6) is 0.272. The summed E-state index contributed by atoms with van der Waals surface area (Å²) in [7, 11) is 0. The van der Waals surface area contributed by atoms with E-state index in [1.165, 1.54) is 0 Å². The molecule has 2 aromatic heterocycles. The van der Waals surface area contributed by atoms with E-state index in [9.17, 15) is 23.3 Å². The molecule has 9 nitrogen and oxygen atoms in total. The zero-order valence-electron chi connectivity index (χ0n) is 19.0. The molecule has 1 aliphatic heterocycles. The first-order valence-electron chi connectivity index (χ1n) is 11.0. The van der Waals surface area contributed by atoms with Crippen LogP contribution in [0.25, 0.3) is 11.0 Å². The molecule has 3 aromatic rings. The van der Waals surface area contributed by atoms with Crippen molar-refractivity contribution in [2.24, 2.45) is 0 Å². The van der Waals surface area contributed by atoms with Crippen molar-refractivity contribution in [1.29, 1.82) is 0 Å². The Hall–Kier alpha value is -3.25. The number of benzene rings is 1. The number of rotatable bonds is 6. The van der Waals surface area contributed by atoms with Gasteiger partial charge in [0.1, 0.15) is 5.82 Å². The van der Waals surface area contributed by atoms with Gasteiger partial charge < -0.3 is 15.1 Å². The summed E-state index contributed by atoms with van der Waals surface area (Å²) in [6.07, 6.45) is -3.03. The fraction of sp³-hybridized carbons (Fsp3) is 0.409. The Bertz CT molecular complexity index is 1250. The molecule has 3 heterocycles. The molecule has 0 bridgehead atoms. The number of likely N-dealkylation sites (N-methyl/N-ethyl adjacent to an activating group) is 1. The minimum absolute atomic E-state index is 0.0780. The fourth-order valence-corrected chi connectivity index (χ4v) is 4.19. The number of aromatic nitrogens is 3. The van der Waals surface area contributed by atoms with Crippen LogP contribution < -0.4 is 10.2 Å². The van der Waals surface area contributed by atoms with Crippen LogP contribution in [0.4, 0.5) is 30.4 Å². The van der Waals surface area contributed by atoms with Crippen molar-refractivity contribution in [3.63, 3.8) is 0 Å². The lowest BCUT2D eigenvalue weighted by Crippen LogP contribution is -2.46. The van der Waals surface area contributed by atoms with Crippen LogP contribution in [-0.2, 0) is 6.18 Å². The molecule has 1 aliphatic rings. The maximum absolute atomic E-state index is 13.3. The second kappa shape index (κ2) is 9.78. The third kappa shape index (κ3) is 5.54. The molecule has 0 saturated carbocycles. The van der Waals surface area contributed by atoms with Crippen LogP contribution in [0.5, 0.6) is 0 Å². The Morgan fingerprint density at radius 3 is 2.51 bits per heavy atom. The van der Waals surface area contributed by atoms with Crippen LogP contribution in [0.3, 0.4) is 0 Å². The van der Waals surface area contributed by atoms with Crippen LogP contribution in [0.2, 0.25) is 5.28 Å². The smallest absolute Gasteiger partial charge is 0.368 e. The van der Waals surface area contributed by atoms with E-state index in [-0.39, 0.29) is 16.7 Å². The number of alkyl halides is 3. The van der Waals surface area contributed by atoms with Gasteiger partial charge in [-0.05, 0) is 42.8 Å². The highest BCUT2D eigenvalue weighted by Gasteiger charge is 2.33. The van der Waals surface area contributed by atoms with Crippen LogP contribution >= 0.6 is 11.6 Å². The number of nitrogens with one attached hydrogen (secondary N) is 1. The first kappa shape index (κ1) is 24.9. The summed E-state index contributed by atoms with van der Waals surface area (Å²) in [4.78, 5) is 27.7. The highest BCUT2D eigenvalue weighted by Crippen LogP contribution is 2.35. The zero-order valence-corrected chi connectivity index (χ0v) is 19.8. The van der Waals surface area contributed by atoms with Gasteiger partial charge in [0.2, 0.25) is 5.28 Å². The van der Waals surface area contributed by atoms with E-state index < -0.39 is 28.4 Å². The van der Waals surface area contributed by atoms with E-state index in [2.05, 4.69) is 37.0 Å². The minimum atomic E-state index is -4.73. The molecule has 1 fully saturated rings. The highest BCUT2D eigenvalue weighted by atomic mass is 35.5. The van der Waals surface area contributed by atoms with Crippen LogP contribution in [0, 0.1) is 10.1 Å². The van der Waals surface area contributed by atoms with Crippen molar-refractivity contribution in [3.05, 3.63) is 57.0 Å². The van der Waals surface area contributed by atoms with Gasteiger partial charge >= 0.3 is 6.18 Å². The normalized spacial score (nSPS) is 15.9. The second-order valence-electron chi connectivity index (χ2n) is 8.26. The predicted octanol–water partition coefficient (Wildman–Crippen LogP) is 4.92. The highest BCUT2D eigenvalue weighted by molar-refractivity contribution is 6.28. The molecule has 1 N–H and O–H groups in total. The number of halogens is 4. The Labute approximate surface area is 204 Å². The molecule has 0 radical (unpaired) electrons. The van der Waals surface area contributed by atoms with Gasteiger partial charge in [0.25, 0.3) is 5.69 Å². The van der Waals surface area contributed by atoms with Crippen molar-refractivity contribution in [3.8, 4) is 0 Å². The van der Waals surface area contributed by atoms with Gasteiger partial charge in [-0.3, -0.25) is 10.1 Å². The molecule has 1 aromatic carbocycles. The van der Waals surface area contributed by atoms with Gasteiger partial charge in [-0.2, -0.15) is 18.2 Å². The monoisotopic (exact) mass is 509 g/mol. The number of piperazine rings is 1. The molecule has 13 heteroatoms. The van der Waals surface area contributed by atoms with Gasteiger partial charge in [0, 0.05) is 38.3 Å². The van der Waals surface area contributed by atoms with Gasteiger partial charge in [0.05, 0.1) is 33.8 Å². The van der Waals surface area contributed by atoms with Crippen LogP contribution in [0.15, 0.2) is 30.5 Å². The van der Waals surface area contributed by atoms with Crippen molar-refractivity contribution in [2.75, 3.05) is 42.9 Å². The number of non-ortho nitro benzene ring substituents is 1. The van der Waals surface area contributed by atoms with Gasteiger partial charge in [-0.1, -0.05) is 6.92 Å². The molecule has 186 valence electrons. The van der Waals surface area contributed by atoms with E-state index in [0.29, 0.717) is 17.1 Å². The van der Waals surface area contributed by atoms with Crippen molar-refractivity contribution in [2.45, 2.75) is 26.1 Å². The third-order valence-corrected chi connectivity index (χ3v) is 6.19.